The highest BCUT2D eigenvalue weighted by Gasteiger charge is 2.17. The predicted octanol–water partition coefficient (Wildman–Crippen LogP) is 2.93. The first-order valence-corrected chi connectivity index (χ1v) is 5.90. The van der Waals surface area contributed by atoms with E-state index in [1.807, 2.05) is 0 Å². The molecular formula is C13H16N2O3. The molecule has 1 heterocycles. The third-order valence-electron chi connectivity index (χ3n) is 2.66. The second kappa shape index (κ2) is 5.64. The van der Waals surface area contributed by atoms with Crippen molar-refractivity contribution in [3.63, 3.8) is 0 Å². The van der Waals surface area contributed by atoms with Crippen molar-refractivity contribution in [1.82, 2.24) is 10.1 Å². The molecule has 0 aliphatic carbocycles. The fourth-order valence-corrected chi connectivity index (χ4v) is 1.74. The summed E-state index contributed by atoms with van der Waals surface area (Å²) >= 11 is 0. The van der Waals surface area contributed by atoms with Gasteiger partial charge in [0, 0.05) is 12.7 Å². The SMILES string of the molecule is CCCC(OC)c1noc(-c2cccc(O)c2)n1. The molecule has 5 heteroatoms. The van der Waals surface area contributed by atoms with Crippen LogP contribution in [0.25, 0.3) is 11.5 Å². The van der Waals surface area contributed by atoms with Crippen LogP contribution in [0, 0.1) is 0 Å². The standard InChI is InChI=1S/C13H16N2O3/c1-3-5-11(17-2)12-14-13(18-15-12)9-6-4-7-10(16)8-9/h4,6-8,11,16H,3,5H2,1-2H3. The Morgan fingerprint density at radius 1 is 1.44 bits per heavy atom. The van der Waals surface area contributed by atoms with E-state index < -0.39 is 0 Å². The van der Waals surface area contributed by atoms with Crippen molar-refractivity contribution in [3.8, 4) is 17.2 Å². The molecule has 0 bridgehead atoms. The largest absolute Gasteiger partial charge is 0.508 e. The van der Waals surface area contributed by atoms with E-state index in [-0.39, 0.29) is 11.9 Å². The number of nitrogens with zero attached hydrogens (tertiary/aromatic N) is 2. The Morgan fingerprint density at radius 2 is 2.28 bits per heavy atom. The number of phenols is 1. The minimum Gasteiger partial charge on any atom is -0.508 e. The fourth-order valence-electron chi connectivity index (χ4n) is 1.74. The van der Waals surface area contributed by atoms with Gasteiger partial charge in [0.05, 0.1) is 0 Å². The second-order valence-corrected chi connectivity index (χ2v) is 4.02. The number of hydrogen-bond acceptors (Lipinski definition) is 5. The topological polar surface area (TPSA) is 68.4 Å². The normalized spacial score (nSPS) is 12.6. The number of methoxy groups -OCH3 is 1. The van der Waals surface area contributed by atoms with E-state index >= 15 is 0 Å². The smallest absolute Gasteiger partial charge is 0.258 e. The number of benzene rings is 1. The molecule has 0 amide bonds. The van der Waals surface area contributed by atoms with Crippen LogP contribution < -0.4 is 0 Å². The number of hydrogen-bond donors (Lipinski definition) is 1. The van der Waals surface area contributed by atoms with Crippen molar-refractivity contribution in [1.29, 1.82) is 0 Å². The van der Waals surface area contributed by atoms with E-state index in [0.717, 1.165) is 12.8 Å². The molecular weight excluding hydrogens is 232 g/mol. The highest BCUT2D eigenvalue weighted by molar-refractivity contribution is 5.55. The van der Waals surface area contributed by atoms with Crippen molar-refractivity contribution < 1.29 is 14.4 Å². The van der Waals surface area contributed by atoms with Crippen molar-refractivity contribution in [2.75, 3.05) is 7.11 Å². The van der Waals surface area contributed by atoms with Crippen LogP contribution in [0.3, 0.4) is 0 Å². The number of phenolic OH excluding ortho intramolecular Hbond substituents is 1. The first kappa shape index (κ1) is 12.6. The zero-order valence-electron chi connectivity index (χ0n) is 10.5. The molecule has 1 N–H and O–H groups in total. The van der Waals surface area contributed by atoms with Gasteiger partial charge in [-0.1, -0.05) is 24.6 Å². The first-order valence-electron chi connectivity index (χ1n) is 5.90. The zero-order chi connectivity index (χ0) is 13.0. The number of aromatic nitrogens is 2. The molecule has 1 atom stereocenters. The fraction of sp³-hybridized carbons (Fsp3) is 0.385. The molecule has 1 unspecified atom stereocenters. The summed E-state index contributed by atoms with van der Waals surface area (Å²) in [5.41, 5.74) is 0.695. The summed E-state index contributed by atoms with van der Waals surface area (Å²) in [6.07, 6.45) is 1.68. The molecule has 18 heavy (non-hydrogen) atoms. The average Bonchev–Trinajstić information content (AvgIpc) is 2.85. The van der Waals surface area contributed by atoms with Gasteiger partial charge in [0.15, 0.2) is 0 Å². The van der Waals surface area contributed by atoms with Gasteiger partial charge < -0.3 is 14.4 Å². The highest BCUT2D eigenvalue weighted by Crippen LogP contribution is 2.25. The van der Waals surface area contributed by atoms with Crippen LogP contribution in [0.4, 0.5) is 0 Å². The van der Waals surface area contributed by atoms with Gasteiger partial charge in [-0.25, -0.2) is 0 Å². The molecule has 0 saturated carbocycles. The van der Waals surface area contributed by atoms with Crippen molar-refractivity contribution in [2.45, 2.75) is 25.9 Å². The molecule has 0 radical (unpaired) electrons. The monoisotopic (exact) mass is 248 g/mol. The van der Waals surface area contributed by atoms with Gasteiger partial charge in [-0.15, -0.1) is 0 Å². The molecule has 2 aromatic rings. The Kier molecular flexibility index (Phi) is 3.94. The second-order valence-electron chi connectivity index (χ2n) is 4.02. The van der Waals surface area contributed by atoms with E-state index in [1.165, 1.54) is 0 Å². The molecule has 5 nitrogen and oxygen atoms in total. The lowest BCUT2D eigenvalue weighted by Crippen LogP contribution is -2.03. The number of rotatable bonds is 5. The molecule has 0 spiro atoms. The maximum Gasteiger partial charge on any atom is 0.258 e. The van der Waals surface area contributed by atoms with E-state index in [2.05, 4.69) is 17.1 Å². The molecule has 2 rings (SSSR count). The minimum atomic E-state index is -0.148. The summed E-state index contributed by atoms with van der Waals surface area (Å²) in [5.74, 6) is 1.10. The van der Waals surface area contributed by atoms with Gasteiger partial charge in [0.1, 0.15) is 11.9 Å². The Hall–Kier alpha value is -1.88. The van der Waals surface area contributed by atoms with Gasteiger partial charge >= 0.3 is 0 Å². The van der Waals surface area contributed by atoms with E-state index in [0.29, 0.717) is 17.3 Å². The summed E-state index contributed by atoms with van der Waals surface area (Å²) in [4.78, 5) is 4.30. The number of ether oxygens (including phenoxy) is 1. The lowest BCUT2D eigenvalue weighted by atomic mass is 10.2. The maximum atomic E-state index is 9.41. The maximum absolute atomic E-state index is 9.41. The Morgan fingerprint density at radius 3 is 2.94 bits per heavy atom. The Balaban J connectivity index is 2.24. The van der Waals surface area contributed by atoms with E-state index in [4.69, 9.17) is 9.26 Å². The van der Waals surface area contributed by atoms with Gasteiger partial charge in [-0.3, -0.25) is 0 Å². The van der Waals surface area contributed by atoms with E-state index in [9.17, 15) is 5.11 Å². The quantitative estimate of drug-likeness (QED) is 0.881. The summed E-state index contributed by atoms with van der Waals surface area (Å²) < 4.78 is 10.5. The van der Waals surface area contributed by atoms with Crippen LogP contribution in [-0.2, 0) is 4.74 Å². The molecule has 0 fully saturated rings. The third-order valence-corrected chi connectivity index (χ3v) is 2.66. The third kappa shape index (κ3) is 2.68. The summed E-state index contributed by atoms with van der Waals surface area (Å²) in [6.45, 7) is 2.07. The van der Waals surface area contributed by atoms with Crippen molar-refractivity contribution in [3.05, 3.63) is 30.1 Å². The van der Waals surface area contributed by atoms with Gasteiger partial charge in [0.2, 0.25) is 5.82 Å². The summed E-state index contributed by atoms with van der Waals surface area (Å²) in [5, 5.41) is 13.3. The van der Waals surface area contributed by atoms with Gasteiger partial charge in [-0.2, -0.15) is 4.98 Å². The van der Waals surface area contributed by atoms with Crippen LogP contribution in [0.1, 0.15) is 31.7 Å². The predicted molar refractivity (Wildman–Crippen MR) is 66.1 cm³/mol. The van der Waals surface area contributed by atoms with Crippen LogP contribution in [0.15, 0.2) is 28.8 Å². The van der Waals surface area contributed by atoms with Crippen LogP contribution in [0.2, 0.25) is 0 Å². The minimum absolute atomic E-state index is 0.148. The first-order chi connectivity index (χ1) is 8.74. The lowest BCUT2D eigenvalue weighted by Gasteiger charge is -2.08. The van der Waals surface area contributed by atoms with Crippen molar-refractivity contribution >= 4 is 0 Å². The van der Waals surface area contributed by atoms with Gasteiger partial charge in [-0.05, 0) is 24.6 Å². The van der Waals surface area contributed by atoms with Crippen LogP contribution in [-0.4, -0.2) is 22.4 Å². The van der Waals surface area contributed by atoms with Crippen molar-refractivity contribution in [2.24, 2.45) is 0 Å². The zero-order valence-corrected chi connectivity index (χ0v) is 10.5. The van der Waals surface area contributed by atoms with Crippen LogP contribution in [0.5, 0.6) is 5.75 Å². The molecule has 96 valence electrons. The highest BCUT2D eigenvalue weighted by atomic mass is 16.5. The molecule has 1 aromatic heterocycles. The summed E-state index contributed by atoms with van der Waals surface area (Å²) in [6, 6.07) is 6.71. The van der Waals surface area contributed by atoms with Gasteiger partial charge in [0.25, 0.3) is 5.89 Å². The molecule has 0 aliphatic rings. The molecule has 0 saturated heterocycles. The van der Waals surface area contributed by atoms with Crippen LogP contribution >= 0.6 is 0 Å². The summed E-state index contributed by atoms with van der Waals surface area (Å²) in [7, 11) is 1.63. The average molecular weight is 248 g/mol. The Bertz CT molecular complexity index is 510. The number of aromatic hydroxyl groups is 1. The Labute approximate surface area is 105 Å². The molecule has 0 aliphatic heterocycles. The lowest BCUT2D eigenvalue weighted by molar-refractivity contribution is 0.0854. The molecule has 1 aromatic carbocycles. The van der Waals surface area contributed by atoms with E-state index in [1.54, 1.807) is 31.4 Å².